The van der Waals surface area contributed by atoms with Gasteiger partial charge < -0.3 is 16.4 Å². The number of nitrogens with two attached hydrogens (primary N) is 1. The number of amides is 2. The number of anilines is 2. The Balaban J connectivity index is 1.99. The van der Waals surface area contributed by atoms with Crippen LogP contribution in [0.4, 0.5) is 15.8 Å². The monoisotopic (exact) mass is 287 g/mol. The van der Waals surface area contributed by atoms with E-state index in [-0.39, 0.29) is 17.8 Å². The average molecular weight is 287 g/mol. The maximum atomic E-state index is 13.4. The van der Waals surface area contributed by atoms with Crippen molar-refractivity contribution in [3.05, 3.63) is 59.9 Å². The fraction of sp³-hybridized carbons (Fsp3) is 0.0667. The van der Waals surface area contributed by atoms with Crippen LogP contribution in [0.25, 0.3) is 0 Å². The van der Waals surface area contributed by atoms with Crippen molar-refractivity contribution < 1.29 is 14.0 Å². The maximum Gasteiger partial charge on any atom is 0.250 e. The zero-order valence-electron chi connectivity index (χ0n) is 11.1. The van der Waals surface area contributed by atoms with Crippen molar-refractivity contribution >= 4 is 23.2 Å². The SMILES string of the molecule is NC(=O)c1ccccc1NCC(=O)Nc1ccccc1F. The number of nitrogens with one attached hydrogen (secondary N) is 2. The van der Waals surface area contributed by atoms with Crippen LogP contribution < -0.4 is 16.4 Å². The summed E-state index contributed by atoms with van der Waals surface area (Å²) in [6.07, 6.45) is 0. The van der Waals surface area contributed by atoms with Crippen molar-refractivity contribution in [1.29, 1.82) is 0 Å². The molecule has 0 fully saturated rings. The lowest BCUT2D eigenvalue weighted by molar-refractivity contribution is -0.114. The summed E-state index contributed by atoms with van der Waals surface area (Å²) < 4.78 is 13.4. The van der Waals surface area contributed by atoms with Crippen LogP contribution in [0.1, 0.15) is 10.4 Å². The van der Waals surface area contributed by atoms with Crippen molar-refractivity contribution in [2.45, 2.75) is 0 Å². The highest BCUT2D eigenvalue weighted by molar-refractivity contribution is 6.00. The molecule has 0 aliphatic heterocycles. The lowest BCUT2D eigenvalue weighted by Gasteiger charge is -2.10. The van der Waals surface area contributed by atoms with Crippen molar-refractivity contribution in [1.82, 2.24) is 0 Å². The number of para-hydroxylation sites is 2. The highest BCUT2D eigenvalue weighted by Crippen LogP contribution is 2.15. The number of carbonyl (C=O) groups excluding carboxylic acids is 2. The third-order valence-electron chi connectivity index (χ3n) is 2.78. The molecule has 6 heteroatoms. The molecule has 2 aromatic rings. The summed E-state index contributed by atoms with van der Waals surface area (Å²) >= 11 is 0. The molecule has 0 spiro atoms. The van der Waals surface area contributed by atoms with Crippen molar-refractivity contribution in [3.63, 3.8) is 0 Å². The molecule has 0 aromatic heterocycles. The molecule has 0 bridgehead atoms. The summed E-state index contributed by atoms with van der Waals surface area (Å²) in [4.78, 5) is 23.0. The molecule has 0 heterocycles. The second-order valence-corrected chi connectivity index (χ2v) is 4.29. The van der Waals surface area contributed by atoms with Gasteiger partial charge in [-0.2, -0.15) is 0 Å². The van der Waals surface area contributed by atoms with E-state index in [9.17, 15) is 14.0 Å². The van der Waals surface area contributed by atoms with E-state index >= 15 is 0 Å². The summed E-state index contributed by atoms with van der Waals surface area (Å²) in [5, 5.41) is 5.24. The van der Waals surface area contributed by atoms with Crippen LogP contribution in [0.15, 0.2) is 48.5 Å². The van der Waals surface area contributed by atoms with Gasteiger partial charge in [0.15, 0.2) is 0 Å². The van der Waals surface area contributed by atoms with Crippen molar-refractivity contribution in [2.24, 2.45) is 5.73 Å². The molecule has 0 unspecified atom stereocenters. The van der Waals surface area contributed by atoms with Gasteiger partial charge in [-0.25, -0.2) is 4.39 Å². The summed E-state index contributed by atoms with van der Waals surface area (Å²) in [5.74, 6) is -1.53. The lowest BCUT2D eigenvalue weighted by atomic mass is 10.1. The first-order valence-electron chi connectivity index (χ1n) is 6.25. The molecule has 2 aromatic carbocycles. The van der Waals surface area contributed by atoms with Crippen LogP contribution in [0.3, 0.4) is 0 Å². The Morgan fingerprint density at radius 3 is 2.29 bits per heavy atom. The molecule has 2 amide bonds. The minimum Gasteiger partial charge on any atom is -0.376 e. The van der Waals surface area contributed by atoms with Crippen LogP contribution in [-0.4, -0.2) is 18.4 Å². The molecule has 108 valence electrons. The number of primary amides is 1. The van der Waals surface area contributed by atoms with Crippen LogP contribution in [0, 0.1) is 5.82 Å². The molecule has 0 saturated carbocycles. The number of halogens is 1. The Hall–Kier alpha value is -2.89. The standard InChI is InChI=1S/C15H14FN3O2/c16-11-6-2-4-8-13(11)19-14(20)9-18-12-7-3-1-5-10(12)15(17)21/h1-8,18H,9H2,(H2,17,21)(H,19,20). The fourth-order valence-corrected chi connectivity index (χ4v) is 1.78. The molecule has 21 heavy (non-hydrogen) atoms. The second kappa shape index (κ2) is 6.51. The van der Waals surface area contributed by atoms with E-state index in [1.54, 1.807) is 30.3 Å². The smallest absolute Gasteiger partial charge is 0.250 e. The Morgan fingerprint density at radius 2 is 1.62 bits per heavy atom. The normalized spacial score (nSPS) is 9.95. The zero-order valence-corrected chi connectivity index (χ0v) is 11.1. The van der Waals surface area contributed by atoms with Gasteiger partial charge in [0.1, 0.15) is 5.82 Å². The fourth-order valence-electron chi connectivity index (χ4n) is 1.78. The first kappa shape index (κ1) is 14.5. The van der Waals surface area contributed by atoms with E-state index in [0.717, 1.165) is 0 Å². The Labute approximate surface area is 121 Å². The summed E-state index contributed by atoms with van der Waals surface area (Å²) in [6, 6.07) is 12.4. The number of benzene rings is 2. The minimum absolute atomic E-state index is 0.104. The zero-order chi connectivity index (χ0) is 15.2. The quantitative estimate of drug-likeness (QED) is 0.786. The summed E-state index contributed by atoms with van der Waals surface area (Å²) in [7, 11) is 0. The average Bonchev–Trinajstić information content (AvgIpc) is 2.48. The Bertz CT molecular complexity index is 673. The molecular weight excluding hydrogens is 273 g/mol. The minimum atomic E-state index is -0.590. The molecule has 0 aliphatic carbocycles. The van der Waals surface area contributed by atoms with Gasteiger partial charge in [0, 0.05) is 5.69 Å². The van der Waals surface area contributed by atoms with Crippen LogP contribution in [0.2, 0.25) is 0 Å². The van der Waals surface area contributed by atoms with E-state index in [4.69, 9.17) is 5.73 Å². The third-order valence-corrected chi connectivity index (χ3v) is 2.78. The van der Waals surface area contributed by atoms with Gasteiger partial charge in [-0.3, -0.25) is 9.59 Å². The van der Waals surface area contributed by atoms with E-state index in [1.807, 2.05) is 0 Å². The lowest BCUT2D eigenvalue weighted by Crippen LogP contribution is -2.23. The van der Waals surface area contributed by atoms with Gasteiger partial charge >= 0.3 is 0 Å². The third kappa shape index (κ3) is 3.79. The van der Waals surface area contributed by atoms with Crippen LogP contribution in [-0.2, 0) is 4.79 Å². The first-order valence-corrected chi connectivity index (χ1v) is 6.25. The molecule has 0 saturated heterocycles. The van der Waals surface area contributed by atoms with E-state index in [0.29, 0.717) is 5.69 Å². The second-order valence-electron chi connectivity index (χ2n) is 4.29. The van der Waals surface area contributed by atoms with E-state index < -0.39 is 17.6 Å². The van der Waals surface area contributed by atoms with Gasteiger partial charge in [0.05, 0.1) is 17.8 Å². The summed E-state index contributed by atoms with van der Waals surface area (Å²) in [5.41, 5.74) is 6.08. The molecule has 0 atom stereocenters. The molecule has 4 N–H and O–H groups in total. The maximum absolute atomic E-state index is 13.4. The molecule has 0 aliphatic rings. The molecular formula is C15H14FN3O2. The van der Waals surface area contributed by atoms with E-state index in [2.05, 4.69) is 10.6 Å². The van der Waals surface area contributed by atoms with Crippen LogP contribution in [0.5, 0.6) is 0 Å². The highest BCUT2D eigenvalue weighted by atomic mass is 19.1. The number of hydrogen-bond donors (Lipinski definition) is 3. The van der Waals surface area contributed by atoms with Gasteiger partial charge in [0.2, 0.25) is 5.91 Å². The van der Waals surface area contributed by atoms with Crippen molar-refractivity contribution in [3.8, 4) is 0 Å². The summed E-state index contributed by atoms with van der Waals surface area (Å²) in [6.45, 7) is -0.112. The predicted molar refractivity (Wildman–Crippen MR) is 78.5 cm³/mol. The first-order chi connectivity index (χ1) is 10.1. The number of rotatable bonds is 5. The highest BCUT2D eigenvalue weighted by Gasteiger charge is 2.09. The molecule has 5 nitrogen and oxygen atoms in total. The largest absolute Gasteiger partial charge is 0.376 e. The van der Waals surface area contributed by atoms with Gasteiger partial charge in [-0.15, -0.1) is 0 Å². The van der Waals surface area contributed by atoms with E-state index in [1.165, 1.54) is 18.2 Å². The van der Waals surface area contributed by atoms with Crippen LogP contribution >= 0.6 is 0 Å². The van der Waals surface area contributed by atoms with Gasteiger partial charge in [-0.05, 0) is 24.3 Å². The number of hydrogen-bond acceptors (Lipinski definition) is 3. The molecule has 0 radical (unpaired) electrons. The number of carbonyl (C=O) groups is 2. The van der Waals surface area contributed by atoms with Crippen molar-refractivity contribution in [2.75, 3.05) is 17.2 Å². The van der Waals surface area contributed by atoms with Gasteiger partial charge in [0.25, 0.3) is 5.91 Å². The Morgan fingerprint density at radius 1 is 1.00 bits per heavy atom. The Kier molecular flexibility index (Phi) is 4.50. The molecule has 2 rings (SSSR count). The predicted octanol–water partition coefficient (Wildman–Crippen LogP) is 1.98. The topological polar surface area (TPSA) is 84.2 Å². The van der Waals surface area contributed by atoms with Gasteiger partial charge in [-0.1, -0.05) is 24.3 Å².